The van der Waals surface area contributed by atoms with Crippen LogP contribution >= 0.6 is 11.6 Å². The van der Waals surface area contributed by atoms with Crippen molar-refractivity contribution in [2.75, 3.05) is 18.5 Å². The average Bonchev–Trinajstić information content (AvgIpc) is 2.28. The van der Waals surface area contributed by atoms with Crippen LogP contribution in [-0.2, 0) is 11.8 Å². The zero-order valence-electron chi connectivity index (χ0n) is 10.4. The van der Waals surface area contributed by atoms with Gasteiger partial charge in [0.2, 0.25) is 0 Å². The number of aryl methyl sites for hydroxylation is 1. The van der Waals surface area contributed by atoms with Crippen LogP contribution in [0.2, 0.25) is 5.02 Å². The molecule has 1 aromatic rings. The normalized spacial score (nSPS) is 10.9. The van der Waals surface area contributed by atoms with Gasteiger partial charge in [-0.05, 0) is 20.3 Å². The van der Waals surface area contributed by atoms with Crippen molar-refractivity contribution < 1.29 is 4.74 Å². The minimum atomic E-state index is -0.296. The van der Waals surface area contributed by atoms with Gasteiger partial charge in [-0.2, -0.15) is 5.10 Å². The molecule has 1 aromatic heterocycles. The molecule has 17 heavy (non-hydrogen) atoms. The third-order valence-electron chi connectivity index (χ3n) is 2.17. The highest BCUT2D eigenvalue weighted by molar-refractivity contribution is 6.32. The zero-order chi connectivity index (χ0) is 12.8. The second kappa shape index (κ2) is 6.61. The number of aromatic nitrogens is 2. The number of nitrogens with one attached hydrogen (secondary N) is 1. The summed E-state index contributed by atoms with van der Waals surface area (Å²) in [7, 11) is 1.56. The molecule has 0 spiro atoms. The monoisotopic (exact) mass is 259 g/mol. The van der Waals surface area contributed by atoms with Crippen LogP contribution in [0.25, 0.3) is 0 Å². The standard InChI is InChI=1S/C11H18ClN3O2/c1-8(2)17-6-4-5-13-9-7-14-15(3)11(16)10(9)12/h7-8,13H,4-6H2,1-3H3. The molecule has 0 atom stereocenters. The highest BCUT2D eigenvalue weighted by Gasteiger charge is 2.06. The smallest absolute Gasteiger partial charge is 0.287 e. The SMILES string of the molecule is CC(C)OCCCNc1cnn(C)c(=O)c1Cl. The number of ether oxygens (including phenoxy) is 1. The summed E-state index contributed by atoms with van der Waals surface area (Å²) < 4.78 is 6.60. The van der Waals surface area contributed by atoms with Crippen molar-refractivity contribution in [1.82, 2.24) is 9.78 Å². The molecule has 0 aliphatic carbocycles. The fourth-order valence-electron chi connectivity index (χ4n) is 1.25. The van der Waals surface area contributed by atoms with Crippen molar-refractivity contribution in [1.29, 1.82) is 0 Å². The van der Waals surface area contributed by atoms with E-state index in [1.165, 1.54) is 4.68 Å². The Morgan fingerprint density at radius 2 is 2.29 bits per heavy atom. The molecule has 1 rings (SSSR count). The molecule has 0 amide bonds. The third-order valence-corrected chi connectivity index (χ3v) is 2.53. The van der Waals surface area contributed by atoms with Gasteiger partial charge in [0.15, 0.2) is 0 Å². The molecule has 5 nitrogen and oxygen atoms in total. The molecule has 1 heterocycles. The van der Waals surface area contributed by atoms with Crippen LogP contribution in [0.15, 0.2) is 11.0 Å². The Balaban J connectivity index is 2.42. The lowest BCUT2D eigenvalue weighted by Gasteiger charge is -2.10. The molecule has 6 heteroatoms. The van der Waals surface area contributed by atoms with Crippen LogP contribution in [0.4, 0.5) is 5.69 Å². The van der Waals surface area contributed by atoms with E-state index in [-0.39, 0.29) is 16.7 Å². The Morgan fingerprint density at radius 1 is 1.59 bits per heavy atom. The lowest BCUT2D eigenvalue weighted by Crippen LogP contribution is -2.21. The maximum absolute atomic E-state index is 11.5. The zero-order valence-corrected chi connectivity index (χ0v) is 11.1. The van der Waals surface area contributed by atoms with Gasteiger partial charge >= 0.3 is 0 Å². The van der Waals surface area contributed by atoms with Crippen molar-refractivity contribution in [2.45, 2.75) is 26.4 Å². The van der Waals surface area contributed by atoms with E-state index < -0.39 is 0 Å². The second-order valence-electron chi connectivity index (χ2n) is 4.00. The van der Waals surface area contributed by atoms with Crippen molar-refractivity contribution >= 4 is 17.3 Å². The van der Waals surface area contributed by atoms with Crippen LogP contribution in [0.3, 0.4) is 0 Å². The van der Waals surface area contributed by atoms with E-state index in [4.69, 9.17) is 16.3 Å². The Labute approximate surface area is 106 Å². The number of nitrogens with zero attached hydrogens (tertiary/aromatic N) is 2. The third kappa shape index (κ3) is 4.36. The molecular weight excluding hydrogens is 242 g/mol. The lowest BCUT2D eigenvalue weighted by atomic mass is 10.4. The first-order valence-electron chi connectivity index (χ1n) is 5.59. The summed E-state index contributed by atoms with van der Waals surface area (Å²) in [6, 6.07) is 0. The Kier molecular flexibility index (Phi) is 5.44. The summed E-state index contributed by atoms with van der Waals surface area (Å²) in [6.45, 7) is 5.37. The van der Waals surface area contributed by atoms with Crippen LogP contribution in [0.1, 0.15) is 20.3 Å². The first-order chi connectivity index (χ1) is 8.02. The van der Waals surface area contributed by atoms with E-state index in [1.807, 2.05) is 13.8 Å². The van der Waals surface area contributed by atoms with Crippen molar-refractivity contribution in [3.8, 4) is 0 Å². The topological polar surface area (TPSA) is 56.1 Å². The van der Waals surface area contributed by atoms with E-state index in [1.54, 1.807) is 13.2 Å². The molecule has 0 radical (unpaired) electrons. The number of anilines is 1. The first-order valence-corrected chi connectivity index (χ1v) is 5.97. The molecular formula is C11H18ClN3O2. The molecule has 96 valence electrons. The molecule has 0 aromatic carbocycles. The molecule has 0 saturated carbocycles. The number of hydrogen-bond donors (Lipinski definition) is 1. The number of rotatable bonds is 6. The van der Waals surface area contributed by atoms with Crippen LogP contribution in [0.5, 0.6) is 0 Å². The fourth-order valence-corrected chi connectivity index (χ4v) is 1.49. The number of halogens is 1. The van der Waals surface area contributed by atoms with Gasteiger partial charge in [-0.1, -0.05) is 11.6 Å². The van der Waals surface area contributed by atoms with Crippen LogP contribution in [-0.4, -0.2) is 29.0 Å². The van der Waals surface area contributed by atoms with Crippen LogP contribution in [0, 0.1) is 0 Å². The molecule has 1 N–H and O–H groups in total. The van der Waals surface area contributed by atoms with Gasteiger partial charge in [0.1, 0.15) is 5.02 Å². The highest BCUT2D eigenvalue weighted by atomic mass is 35.5. The van der Waals surface area contributed by atoms with Gasteiger partial charge in [0.05, 0.1) is 18.0 Å². The molecule has 0 aliphatic rings. The van der Waals surface area contributed by atoms with Gasteiger partial charge in [0, 0.05) is 20.2 Å². The molecule has 0 fully saturated rings. The van der Waals surface area contributed by atoms with E-state index in [0.717, 1.165) is 6.42 Å². The predicted octanol–water partition coefficient (Wildman–Crippen LogP) is 1.66. The maximum Gasteiger partial charge on any atom is 0.287 e. The van der Waals surface area contributed by atoms with Crippen LogP contribution < -0.4 is 10.9 Å². The molecule has 0 saturated heterocycles. The number of hydrogen-bond acceptors (Lipinski definition) is 4. The largest absolute Gasteiger partial charge is 0.382 e. The minimum absolute atomic E-state index is 0.173. The maximum atomic E-state index is 11.5. The summed E-state index contributed by atoms with van der Waals surface area (Å²) in [6.07, 6.45) is 2.64. The van der Waals surface area contributed by atoms with Gasteiger partial charge in [-0.15, -0.1) is 0 Å². The quantitative estimate of drug-likeness (QED) is 0.790. The Bertz CT molecular complexity index is 418. The van der Waals surface area contributed by atoms with E-state index >= 15 is 0 Å². The van der Waals surface area contributed by atoms with Gasteiger partial charge in [-0.25, -0.2) is 4.68 Å². The molecule has 0 bridgehead atoms. The molecule has 0 unspecified atom stereocenters. The van der Waals surface area contributed by atoms with Crippen molar-refractivity contribution in [3.63, 3.8) is 0 Å². The predicted molar refractivity (Wildman–Crippen MR) is 68.7 cm³/mol. The second-order valence-corrected chi connectivity index (χ2v) is 4.38. The summed E-state index contributed by atoms with van der Waals surface area (Å²) >= 11 is 5.89. The fraction of sp³-hybridized carbons (Fsp3) is 0.636. The Morgan fingerprint density at radius 3 is 2.94 bits per heavy atom. The van der Waals surface area contributed by atoms with Gasteiger partial charge in [-0.3, -0.25) is 4.79 Å². The van der Waals surface area contributed by atoms with Gasteiger partial charge in [0.25, 0.3) is 5.56 Å². The first kappa shape index (κ1) is 14.0. The molecule has 0 aliphatic heterocycles. The Hall–Kier alpha value is -1.07. The summed E-state index contributed by atoms with van der Waals surface area (Å²) in [4.78, 5) is 11.5. The van der Waals surface area contributed by atoms with E-state index in [9.17, 15) is 4.79 Å². The minimum Gasteiger partial charge on any atom is -0.382 e. The van der Waals surface area contributed by atoms with Crippen molar-refractivity contribution in [3.05, 3.63) is 21.6 Å². The van der Waals surface area contributed by atoms with E-state index in [0.29, 0.717) is 18.8 Å². The highest BCUT2D eigenvalue weighted by Crippen LogP contribution is 2.14. The van der Waals surface area contributed by atoms with Gasteiger partial charge < -0.3 is 10.1 Å². The summed E-state index contributed by atoms with van der Waals surface area (Å²) in [5, 5.41) is 7.13. The lowest BCUT2D eigenvalue weighted by molar-refractivity contribution is 0.0787. The van der Waals surface area contributed by atoms with E-state index in [2.05, 4.69) is 10.4 Å². The van der Waals surface area contributed by atoms with Crippen molar-refractivity contribution in [2.24, 2.45) is 7.05 Å². The summed E-state index contributed by atoms with van der Waals surface area (Å²) in [5.41, 5.74) is 0.273. The average molecular weight is 260 g/mol. The summed E-state index contributed by atoms with van der Waals surface area (Å²) in [5.74, 6) is 0.